The van der Waals surface area contributed by atoms with E-state index >= 15 is 0 Å². The summed E-state index contributed by atoms with van der Waals surface area (Å²) in [4.78, 5) is 6.18. The van der Waals surface area contributed by atoms with Gasteiger partial charge in [0.2, 0.25) is 0 Å². The van der Waals surface area contributed by atoms with Crippen molar-refractivity contribution in [3.05, 3.63) is 15.6 Å². The molecule has 2 nitrogen and oxygen atoms in total. The fourth-order valence-corrected chi connectivity index (χ4v) is 3.24. The highest BCUT2D eigenvalue weighted by atomic mass is 32.1. The van der Waals surface area contributed by atoms with Crippen molar-refractivity contribution in [3.63, 3.8) is 0 Å². The molecule has 98 valence electrons. The van der Waals surface area contributed by atoms with Crippen LogP contribution in [0.5, 0.6) is 0 Å². The average molecular weight is 254 g/mol. The molecule has 17 heavy (non-hydrogen) atoms. The SMILES string of the molecule is CCCCCC(C)(NC)c1nc(CC)c(C)s1. The van der Waals surface area contributed by atoms with Crippen LogP contribution in [0.25, 0.3) is 0 Å². The fourth-order valence-electron chi connectivity index (χ4n) is 2.06. The van der Waals surface area contributed by atoms with Gasteiger partial charge in [0.15, 0.2) is 0 Å². The maximum atomic E-state index is 4.81. The zero-order valence-corrected chi connectivity index (χ0v) is 12.7. The molecule has 0 saturated carbocycles. The van der Waals surface area contributed by atoms with Gasteiger partial charge in [0.05, 0.1) is 11.2 Å². The summed E-state index contributed by atoms with van der Waals surface area (Å²) in [7, 11) is 2.05. The van der Waals surface area contributed by atoms with Crippen LogP contribution in [0, 0.1) is 6.92 Å². The van der Waals surface area contributed by atoms with Crippen molar-refractivity contribution in [2.45, 2.75) is 65.3 Å². The largest absolute Gasteiger partial charge is 0.309 e. The number of nitrogens with zero attached hydrogens (tertiary/aromatic N) is 1. The molecule has 0 amide bonds. The number of unbranched alkanes of at least 4 members (excludes halogenated alkanes) is 2. The zero-order chi connectivity index (χ0) is 12.9. The highest BCUT2D eigenvalue weighted by molar-refractivity contribution is 7.11. The van der Waals surface area contributed by atoms with Gasteiger partial charge in [-0.15, -0.1) is 11.3 Å². The van der Waals surface area contributed by atoms with Crippen molar-refractivity contribution >= 4 is 11.3 Å². The topological polar surface area (TPSA) is 24.9 Å². The quantitative estimate of drug-likeness (QED) is 0.743. The van der Waals surface area contributed by atoms with E-state index in [1.54, 1.807) is 0 Å². The van der Waals surface area contributed by atoms with Gasteiger partial charge >= 0.3 is 0 Å². The Morgan fingerprint density at radius 2 is 2.00 bits per heavy atom. The standard InChI is InChI=1S/C14H26N2S/c1-6-8-9-10-14(4,15-5)13-16-12(7-2)11(3)17-13/h15H,6-10H2,1-5H3. The van der Waals surface area contributed by atoms with Crippen molar-refractivity contribution in [3.8, 4) is 0 Å². The van der Waals surface area contributed by atoms with E-state index in [1.807, 2.05) is 18.4 Å². The molecule has 3 heteroatoms. The van der Waals surface area contributed by atoms with Gasteiger partial charge in [0.25, 0.3) is 0 Å². The van der Waals surface area contributed by atoms with Gasteiger partial charge in [0, 0.05) is 4.88 Å². The lowest BCUT2D eigenvalue weighted by molar-refractivity contribution is 0.352. The smallest absolute Gasteiger partial charge is 0.113 e. The van der Waals surface area contributed by atoms with E-state index in [2.05, 4.69) is 33.0 Å². The van der Waals surface area contributed by atoms with Crippen LogP contribution in [0.3, 0.4) is 0 Å². The van der Waals surface area contributed by atoms with Gasteiger partial charge < -0.3 is 5.32 Å². The van der Waals surface area contributed by atoms with Crippen LogP contribution in [0.1, 0.15) is 62.0 Å². The lowest BCUT2D eigenvalue weighted by atomic mass is 9.95. The Morgan fingerprint density at radius 1 is 1.29 bits per heavy atom. The summed E-state index contributed by atoms with van der Waals surface area (Å²) in [5, 5.41) is 4.72. The molecule has 0 aliphatic carbocycles. The number of hydrogen-bond donors (Lipinski definition) is 1. The molecule has 1 unspecified atom stereocenters. The summed E-state index contributed by atoms with van der Waals surface area (Å²) in [6.45, 7) is 8.89. The highest BCUT2D eigenvalue weighted by Crippen LogP contribution is 2.31. The van der Waals surface area contributed by atoms with E-state index in [0.717, 1.165) is 6.42 Å². The van der Waals surface area contributed by atoms with Crippen molar-refractivity contribution in [1.29, 1.82) is 0 Å². The summed E-state index contributed by atoms with van der Waals surface area (Å²) in [5.74, 6) is 0. The molecule has 0 aromatic carbocycles. The third-order valence-corrected chi connectivity index (χ3v) is 4.81. The van der Waals surface area contributed by atoms with E-state index in [9.17, 15) is 0 Å². The Balaban J connectivity index is 2.83. The maximum absolute atomic E-state index is 4.81. The number of aryl methyl sites for hydroxylation is 2. The predicted molar refractivity (Wildman–Crippen MR) is 76.8 cm³/mol. The molecule has 1 atom stereocenters. The second kappa shape index (κ2) is 6.50. The lowest BCUT2D eigenvalue weighted by Crippen LogP contribution is -2.36. The van der Waals surface area contributed by atoms with Crippen molar-refractivity contribution in [2.24, 2.45) is 0 Å². The van der Waals surface area contributed by atoms with Gasteiger partial charge in [-0.25, -0.2) is 4.98 Å². The molecule has 0 aliphatic heterocycles. The Kier molecular flexibility index (Phi) is 5.60. The Bertz CT molecular complexity index is 346. The van der Waals surface area contributed by atoms with Crippen LogP contribution >= 0.6 is 11.3 Å². The Hall–Kier alpha value is -0.410. The first kappa shape index (κ1) is 14.7. The Morgan fingerprint density at radius 3 is 2.47 bits per heavy atom. The van der Waals surface area contributed by atoms with Gasteiger partial charge in [-0.3, -0.25) is 0 Å². The van der Waals surface area contributed by atoms with Crippen molar-refractivity contribution in [2.75, 3.05) is 7.05 Å². The van der Waals surface area contributed by atoms with Crippen LogP contribution in [0.4, 0.5) is 0 Å². The summed E-state index contributed by atoms with van der Waals surface area (Å²) in [5.41, 5.74) is 1.32. The molecule has 0 aliphatic rings. The first-order valence-electron chi connectivity index (χ1n) is 6.73. The predicted octanol–water partition coefficient (Wildman–Crippen LogP) is 4.03. The first-order chi connectivity index (χ1) is 8.07. The van der Waals surface area contributed by atoms with E-state index in [-0.39, 0.29) is 5.54 Å². The van der Waals surface area contributed by atoms with E-state index in [0.29, 0.717) is 0 Å². The van der Waals surface area contributed by atoms with E-state index < -0.39 is 0 Å². The highest BCUT2D eigenvalue weighted by Gasteiger charge is 2.28. The molecule has 0 bridgehead atoms. The third kappa shape index (κ3) is 3.52. The second-order valence-corrected chi connectivity index (χ2v) is 6.12. The number of nitrogens with one attached hydrogen (secondary N) is 1. The minimum absolute atomic E-state index is 0.0536. The third-order valence-electron chi connectivity index (χ3n) is 3.53. The van der Waals surface area contributed by atoms with Crippen LogP contribution in [0.15, 0.2) is 0 Å². The number of hydrogen-bond acceptors (Lipinski definition) is 3. The van der Waals surface area contributed by atoms with Gasteiger partial charge in [-0.2, -0.15) is 0 Å². The minimum Gasteiger partial charge on any atom is -0.309 e. The summed E-state index contributed by atoms with van der Waals surface area (Å²) in [6, 6.07) is 0. The molecular weight excluding hydrogens is 228 g/mol. The van der Waals surface area contributed by atoms with Crippen LogP contribution < -0.4 is 5.32 Å². The molecule has 0 radical (unpaired) electrons. The number of thiazole rings is 1. The molecule has 1 rings (SSSR count). The Labute approximate surface area is 110 Å². The van der Waals surface area contributed by atoms with Crippen molar-refractivity contribution < 1.29 is 0 Å². The summed E-state index contributed by atoms with van der Waals surface area (Å²) < 4.78 is 0. The lowest BCUT2D eigenvalue weighted by Gasteiger charge is -2.27. The molecule has 1 N–H and O–H groups in total. The molecule has 1 heterocycles. The normalized spacial score (nSPS) is 14.9. The van der Waals surface area contributed by atoms with Gasteiger partial charge in [-0.05, 0) is 33.7 Å². The van der Waals surface area contributed by atoms with E-state index in [1.165, 1.54) is 41.3 Å². The zero-order valence-electron chi connectivity index (χ0n) is 11.9. The van der Waals surface area contributed by atoms with Gasteiger partial charge in [-0.1, -0.05) is 33.1 Å². The molecule has 0 saturated heterocycles. The monoisotopic (exact) mass is 254 g/mol. The summed E-state index contributed by atoms with van der Waals surface area (Å²) in [6.07, 6.45) is 6.07. The van der Waals surface area contributed by atoms with Crippen LogP contribution in [-0.4, -0.2) is 12.0 Å². The van der Waals surface area contributed by atoms with Crippen LogP contribution in [-0.2, 0) is 12.0 Å². The molecule has 1 aromatic rings. The van der Waals surface area contributed by atoms with Crippen molar-refractivity contribution in [1.82, 2.24) is 10.3 Å². The average Bonchev–Trinajstić information content (AvgIpc) is 2.71. The minimum atomic E-state index is 0.0536. The molecule has 1 aromatic heterocycles. The molecular formula is C14H26N2S. The van der Waals surface area contributed by atoms with Gasteiger partial charge in [0.1, 0.15) is 5.01 Å². The molecule has 0 spiro atoms. The second-order valence-electron chi connectivity index (χ2n) is 4.91. The summed E-state index contributed by atoms with van der Waals surface area (Å²) >= 11 is 1.85. The molecule has 0 fully saturated rings. The van der Waals surface area contributed by atoms with E-state index in [4.69, 9.17) is 4.98 Å². The fraction of sp³-hybridized carbons (Fsp3) is 0.786. The number of rotatable bonds is 7. The maximum Gasteiger partial charge on any atom is 0.113 e. The first-order valence-corrected chi connectivity index (χ1v) is 7.54. The van der Waals surface area contributed by atoms with Crippen LogP contribution in [0.2, 0.25) is 0 Å². The number of aromatic nitrogens is 1.